The zero-order valence-corrected chi connectivity index (χ0v) is 23.7. The summed E-state index contributed by atoms with van der Waals surface area (Å²) < 4.78 is 0. The van der Waals surface area contributed by atoms with Crippen LogP contribution in [-0.4, -0.2) is 55.1 Å². The average Bonchev–Trinajstić information content (AvgIpc) is 2.75. The molecule has 0 unspecified atom stereocenters. The van der Waals surface area contributed by atoms with E-state index >= 15 is 0 Å². The van der Waals surface area contributed by atoms with E-state index < -0.39 is 14.5 Å². The van der Waals surface area contributed by atoms with Crippen molar-refractivity contribution in [3.05, 3.63) is 0 Å². The first-order valence-corrected chi connectivity index (χ1v) is 18.7. The molecule has 0 aliphatic heterocycles. The Kier molecular flexibility index (Phi) is 19.4. The molecule has 3 heteroatoms. The maximum absolute atomic E-state index is 13.7. The number of unbranched alkanes of at least 4 members (excludes halogenated alkanes) is 6. The van der Waals surface area contributed by atoms with Gasteiger partial charge in [-0.3, -0.25) is 4.79 Å². The summed E-state index contributed by atoms with van der Waals surface area (Å²) in [7, 11) is -2.19. The van der Waals surface area contributed by atoms with Crippen LogP contribution < -0.4 is 0 Å². The number of hydrogen-bond acceptors (Lipinski definition) is 1. The quantitative estimate of drug-likeness (QED) is 0.147. The number of hydrogen-bond donors (Lipinski definition) is 0. The van der Waals surface area contributed by atoms with Crippen LogP contribution in [0.5, 0.6) is 0 Å². The molecule has 0 atom stereocenters. The summed E-state index contributed by atoms with van der Waals surface area (Å²) >= 11 is 0. The summed E-state index contributed by atoms with van der Waals surface area (Å²) in [6.07, 6.45) is 26.1. The third kappa shape index (κ3) is 13.2. The lowest BCUT2D eigenvalue weighted by atomic mass is 10.4. The Morgan fingerprint density at radius 2 is 0.633 bits per heavy atom. The minimum atomic E-state index is -1.10. The fourth-order valence-electron chi connectivity index (χ4n) is 4.90. The van der Waals surface area contributed by atoms with Gasteiger partial charge in [0.1, 0.15) is 12.3 Å². The van der Waals surface area contributed by atoms with E-state index in [1.807, 2.05) is 0 Å². The van der Waals surface area contributed by atoms with Crippen LogP contribution in [-0.2, 0) is 4.79 Å². The van der Waals surface area contributed by atoms with Gasteiger partial charge in [-0.2, -0.15) is 0 Å². The fraction of sp³-hybridized carbons (Fsp3) is 0.963. The SMILES string of the molecule is CCCC[P+](CCCC)(CCCC)CC(=O)C[P+](CCCC)(CCCC)CCCC. The Morgan fingerprint density at radius 1 is 0.433 bits per heavy atom. The van der Waals surface area contributed by atoms with Gasteiger partial charge >= 0.3 is 0 Å². The molecule has 0 spiro atoms. The molecule has 0 aromatic heterocycles. The molecule has 0 heterocycles. The van der Waals surface area contributed by atoms with Crippen LogP contribution in [0.2, 0.25) is 0 Å². The number of rotatable bonds is 22. The van der Waals surface area contributed by atoms with Crippen LogP contribution in [0.25, 0.3) is 0 Å². The summed E-state index contributed by atoms with van der Waals surface area (Å²) in [5.74, 6) is 0.697. The molecule has 30 heavy (non-hydrogen) atoms. The van der Waals surface area contributed by atoms with E-state index in [9.17, 15) is 4.79 Å². The van der Waals surface area contributed by atoms with E-state index in [0.29, 0.717) is 5.78 Å². The first-order chi connectivity index (χ1) is 14.5. The Morgan fingerprint density at radius 3 is 0.800 bits per heavy atom. The molecule has 0 aromatic carbocycles. The molecule has 0 rings (SSSR count). The molecule has 0 radical (unpaired) electrons. The molecule has 0 saturated heterocycles. The molecule has 0 aromatic rings. The molecule has 1 nitrogen and oxygen atoms in total. The van der Waals surface area contributed by atoms with Crippen molar-refractivity contribution < 1.29 is 4.79 Å². The summed E-state index contributed by atoms with van der Waals surface area (Å²) in [5, 5.41) is 0. The zero-order chi connectivity index (χ0) is 22.7. The smallest absolute Gasteiger partial charge is 0.206 e. The third-order valence-electron chi connectivity index (χ3n) is 6.94. The van der Waals surface area contributed by atoms with Gasteiger partial charge in [0.2, 0.25) is 5.78 Å². The summed E-state index contributed by atoms with van der Waals surface area (Å²) in [4.78, 5) is 13.7. The average molecular weight is 461 g/mol. The van der Waals surface area contributed by atoms with Crippen LogP contribution in [0.15, 0.2) is 0 Å². The van der Waals surface area contributed by atoms with Crippen molar-refractivity contribution in [3.63, 3.8) is 0 Å². The van der Waals surface area contributed by atoms with Crippen LogP contribution in [0.3, 0.4) is 0 Å². The highest BCUT2D eigenvalue weighted by Crippen LogP contribution is 2.64. The summed E-state index contributed by atoms with van der Waals surface area (Å²) in [6, 6.07) is 0. The number of Topliss-reactive ketones (excluding diaryl/α,β-unsaturated/α-hetero) is 1. The predicted octanol–water partition coefficient (Wildman–Crippen LogP) is 9.39. The molecular formula is C27H58OP2+2. The van der Waals surface area contributed by atoms with Gasteiger partial charge in [0.15, 0.2) is 0 Å². The second kappa shape index (κ2) is 19.0. The van der Waals surface area contributed by atoms with Crippen LogP contribution >= 0.6 is 14.5 Å². The van der Waals surface area contributed by atoms with Gasteiger partial charge in [-0.15, -0.1) is 0 Å². The van der Waals surface area contributed by atoms with E-state index in [0.717, 1.165) is 12.3 Å². The number of carbonyl (C=O) groups is 1. The van der Waals surface area contributed by atoms with Crippen molar-refractivity contribution in [2.24, 2.45) is 0 Å². The maximum atomic E-state index is 13.7. The van der Waals surface area contributed by atoms with Crippen LogP contribution in [0, 0.1) is 0 Å². The van der Waals surface area contributed by atoms with Gasteiger partial charge in [-0.25, -0.2) is 0 Å². The van der Waals surface area contributed by atoms with Crippen LogP contribution in [0.1, 0.15) is 119 Å². The van der Waals surface area contributed by atoms with E-state index in [-0.39, 0.29) is 0 Å². The first-order valence-electron chi connectivity index (χ1n) is 13.7. The minimum absolute atomic E-state index is 0.697. The first kappa shape index (κ1) is 30.5. The summed E-state index contributed by atoms with van der Waals surface area (Å²) in [5.41, 5.74) is 0. The highest BCUT2D eigenvalue weighted by molar-refractivity contribution is 7.78. The topological polar surface area (TPSA) is 17.1 Å². The molecular weight excluding hydrogens is 402 g/mol. The van der Waals surface area contributed by atoms with Gasteiger partial charge in [0.25, 0.3) is 0 Å². The minimum Gasteiger partial charge on any atom is -0.291 e. The van der Waals surface area contributed by atoms with Gasteiger partial charge in [0.05, 0.1) is 37.0 Å². The third-order valence-corrected chi connectivity index (χ3v) is 16.6. The lowest BCUT2D eigenvalue weighted by molar-refractivity contribution is -0.114. The monoisotopic (exact) mass is 460 g/mol. The molecule has 0 N–H and O–H groups in total. The van der Waals surface area contributed by atoms with Crippen molar-refractivity contribution in [2.45, 2.75) is 119 Å². The summed E-state index contributed by atoms with van der Waals surface area (Å²) in [6.45, 7) is 14.0. The highest BCUT2D eigenvalue weighted by atomic mass is 31.2. The Labute approximate surface area is 193 Å². The lowest BCUT2D eigenvalue weighted by Crippen LogP contribution is -2.25. The van der Waals surface area contributed by atoms with Crippen molar-refractivity contribution in [3.8, 4) is 0 Å². The van der Waals surface area contributed by atoms with Crippen molar-refractivity contribution in [1.82, 2.24) is 0 Å². The van der Waals surface area contributed by atoms with Gasteiger partial charge in [-0.05, 0) is 38.5 Å². The number of ketones is 1. The van der Waals surface area contributed by atoms with Crippen molar-refractivity contribution in [2.75, 3.05) is 49.3 Å². The predicted molar refractivity (Wildman–Crippen MR) is 147 cm³/mol. The lowest BCUT2D eigenvalue weighted by Gasteiger charge is -2.30. The molecule has 180 valence electrons. The van der Waals surface area contributed by atoms with Gasteiger partial charge in [0, 0.05) is 14.5 Å². The Balaban J connectivity index is 5.50. The maximum Gasteiger partial charge on any atom is 0.206 e. The fourth-order valence-corrected chi connectivity index (χ4v) is 15.0. The highest BCUT2D eigenvalue weighted by Gasteiger charge is 2.43. The molecule has 0 bridgehead atoms. The second-order valence-corrected chi connectivity index (χ2v) is 18.7. The Hall–Kier alpha value is 0.530. The largest absolute Gasteiger partial charge is 0.291 e. The van der Waals surface area contributed by atoms with Crippen molar-refractivity contribution >= 4 is 20.3 Å². The number of carbonyl (C=O) groups excluding carboxylic acids is 1. The Bertz CT molecular complexity index is 328. The molecule has 0 fully saturated rings. The van der Waals surface area contributed by atoms with E-state index in [4.69, 9.17) is 0 Å². The normalized spacial score (nSPS) is 12.5. The molecule has 0 aliphatic rings. The standard InChI is InChI=1S/C27H58OP2/c1-7-13-19-29(20-14-8-2,21-15-9-3)25-27(28)26-30(22-16-10-4,23-17-11-5)24-18-12-6/h7-26H2,1-6H3/q+2. The zero-order valence-electron chi connectivity index (χ0n) is 21.9. The second-order valence-electron chi connectivity index (χ2n) is 10.0. The van der Waals surface area contributed by atoms with E-state index in [2.05, 4.69) is 41.5 Å². The molecule has 0 amide bonds. The van der Waals surface area contributed by atoms with Gasteiger partial charge < -0.3 is 0 Å². The van der Waals surface area contributed by atoms with E-state index in [1.54, 1.807) is 0 Å². The van der Waals surface area contributed by atoms with E-state index in [1.165, 1.54) is 114 Å². The molecule has 0 saturated carbocycles. The van der Waals surface area contributed by atoms with Crippen LogP contribution in [0.4, 0.5) is 0 Å². The molecule has 0 aliphatic carbocycles. The van der Waals surface area contributed by atoms with Crippen molar-refractivity contribution in [1.29, 1.82) is 0 Å². The van der Waals surface area contributed by atoms with Gasteiger partial charge in [-0.1, -0.05) is 80.1 Å².